The Balaban J connectivity index is 2.74. The molecule has 0 aromatic rings. The van der Waals surface area contributed by atoms with Crippen molar-refractivity contribution in [3.05, 3.63) is 12.7 Å². The van der Waals surface area contributed by atoms with Gasteiger partial charge in [-0.15, -0.1) is 6.58 Å². The first-order chi connectivity index (χ1) is 5.41. The van der Waals surface area contributed by atoms with E-state index in [1.807, 2.05) is 29.6 Å². The van der Waals surface area contributed by atoms with Gasteiger partial charge in [0.05, 0.1) is 0 Å². The number of hydrogen-bond acceptors (Lipinski definition) is 2. The van der Waals surface area contributed by atoms with Gasteiger partial charge in [-0.3, -0.25) is 0 Å². The van der Waals surface area contributed by atoms with Crippen LogP contribution in [0.2, 0.25) is 0 Å². The third-order valence-electron chi connectivity index (χ3n) is 1.25. The van der Waals surface area contributed by atoms with E-state index >= 15 is 0 Å². The van der Waals surface area contributed by atoms with Crippen molar-refractivity contribution in [1.82, 2.24) is 0 Å². The van der Waals surface area contributed by atoms with Crippen LogP contribution in [0.15, 0.2) is 12.7 Å². The molecule has 0 saturated heterocycles. The molecule has 0 saturated carbocycles. The molecule has 0 aliphatic heterocycles. The molecule has 11 heavy (non-hydrogen) atoms. The van der Waals surface area contributed by atoms with E-state index in [1.165, 1.54) is 29.4 Å². The first kappa shape index (κ1) is 11.4. The summed E-state index contributed by atoms with van der Waals surface area (Å²) in [5.41, 5.74) is 0. The summed E-state index contributed by atoms with van der Waals surface area (Å²) in [6.07, 6.45) is 4.51. The van der Waals surface area contributed by atoms with Gasteiger partial charge in [0.1, 0.15) is 0 Å². The fraction of sp³-hybridized carbons (Fsp3) is 0.778. The number of allylic oxidation sites excluding steroid dienone is 1. The van der Waals surface area contributed by atoms with Gasteiger partial charge in [0, 0.05) is 0 Å². The fourth-order valence-corrected chi connectivity index (χ4v) is 2.38. The van der Waals surface area contributed by atoms with Crippen LogP contribution in [0.1, 0.15) is 19.8 Å². The SMILES string of the molecule is C=CCCSCCCSCC. The van der Waals surface area contributed by atoms with Crippen molar-refractivity contribution in [3.8, 4) is 0 Å². The summed E-state index contributed by atoms with van der Waals surface area (Å²) < 4.78 is 0. The molecule has 0 radical (unpaired) electrons. The van der Waals surface area contributed by atoms with Gasteiger partial charge in [0.2, 0.25) is 0 Å². The lowest BCUT2D eigenvalue weighted by molar-refractivity contribution is 1.11. The van der Waals surface area contributed by atoms with E-state index in [4.69, 9.17) is 0 Å². The number of hydrogen-bond donors (Lipinski definition) is 0. The highest BCUT2D eigenvalue weighted by molar-refractivity contribution is 8.00. The van der Waals surface area contributed by atoms with Gasteiger partial charge in [-0.1, -0.05) is 13.0 Å². The lowest BCUT2D eigenvalue weighted by Crippen LogP contribution is -1.85. The van der Waals surface area contributed by atoms with Crippen molar-refractivity contribution in [2.75, 3.05) is 23.0 Å². The van der Waals surface area contributed by atoms with Crippen LogP contribution in [0.5, 0.6) is 0 Å². The summed E-state index contributed by atoms with van der Waals surface area (Å²) in [5, 5.41) is 0. The zero-order chi connectivity index (χ0) is 8.36. The Bertz CT molecular complexity index is 81.6. The van der Waals surface area contributed by atoms with E-state index in [0.717, 1.165) is 6.42 Å². The minimum absolute atomic E-state index is 1.16. The Labute approximate surface area is 79.2 Å². The van der Waals surface area contributed by atoms with Gasteiger partial charge < -0.3 is 0 Å². The number of thioether (sulfide) groups is 2. The maximum Gasteiger partial charge on any atom is -0.00330 e. The molecule has 0 aliphatic rings. The predicted molar refractivity (Wildman–Crippen MR) is 59.8 cm³/mol. The topological polar surface area (TPSA) is 0 Å². The van der Waals surface area contributed by atoms with Crippen LogP contribution in [0.4, 0.5) is 0 Å². The van der Waals surface area contributed by atoms with E-state index < -0.39 is 0 Å². The second-order valence-corrected chi connectivity index (χ2v) is 4.86. The molecule has 0 aromatic heterocycles. The van der Waals surface area contributed by atoms with Gasteiger partial charge in [-0.2, -0.15) is 23.5 Å². The molecule has 0 nitrogen and oxygen atoms in total. The van der Waals surface area contributed by atoms with E-state index in [2.05, 4.69) is 13.5 Å². The van der Waals surface area contributed by atoms with Gasteiger partial charge in [-0.05, 0) is 35.9 Å². The first-order valence-electron chi connectivity index (χ1n) is 4.18. The largest absolute Gasteiger partial charge is 0.162 e. The van der Waals surface area contributed by atoms with Crippen LogP contribution >= 0.6 is 23.5 Å². The monoisotopic (exact) mass is 190 g/mol. The summed E-state index contributed by atoms with van der Waals surface area (Å²) in [4.78, 5) is 0. The Hall–Kier alpha value is 0.440. The Kier molecular flexibility index (Phi) is 10.9. The van der Waals surface area contributed by atoms with E-state index in [9.17, 15) is 0 Å². The Morgan fingerprint density at radius 3 is 2.55 bits per heavy atom. The van der Waals surface area contributed by atoms with Crippen molar-refractivity contribution in [2.24, 2.45) is 0 Å². The van der Waals surface area contributed by atoms with Gasteiger partial charge in [0.15, 0.2) is 0 Å². The molecule has 0 rings (SSSR count). The highest BCUT2D eigenvalue weighted by atomic mass is 32.2. The molecule has 0 atom stereocenters. The average Bonchev–Trinajstić information content (AvgIpc) is 2.03. The molecule has 0 bridgehead atoms. The molecule has 0 N–H and O–H groups in total. The molecule has 0 aromatic carbocycles. The summed E-state index contributed by atoms with van der Waals surface area (Å²) in [6.45, 7) is 5.91. The van der Waals surface area contributed by atoms with Crippen molar-refractivity contribution < 1.29 is 0 Å². The standard InChI is InChI=1S/C9H18S2/c1-3-5-7-11-9-6-8-10-4-2/h3H,1,4-9H2,2H3. The third kappa shape index (κ3) is 10.4. The maximum absolute atomic E-state index is 3.69. The lowest BCUT2D eigenvalue weighted by Gasteiger charge is -1.98. The summed E-state index contributed by atoms with van der Waals surface area (Å²) >= 11 is 4.08. The lowest BCUT2D eigenvalue weighted by atomic mass is 10.5. The minimum Gasteiger partial charge on any atom is -0.162 e. The van der Waals surface area contributed by atoms with E-state index in [0.29, 0.717) is 0 Å². The summed E-state index contributed by atoms with van der Waals surface area (Å²) in [5.74, 6) is 5.16. The van der Waals surface area contributed by atoms with E-state index in [-0.39, 0.29) is 0 Å². The zero-order valence-corrected chi connectivity index (χ0v) is 8.98. The second-order valence-electron chi connectivity index (χ2n) is 2.24. The van der Waals surface area contributed by atoms with Crippen LogP contribution in [0.3, 0.4) is 0 Å². The molecule has 66 valence electrons. The Morgan fingerprint density at radius 1 is 1.18 bits per heavy atom. The van der Waals surface area contributed by atoms with Crippen LogP contribution < -0.4 is 0 Å². The minimum atomic E-state index is 1.16. The number of rotatable bonds is 8. The van der Waals surface area contributed by atoms with Crippen molar-refractivity contribution >= 4 is 23.5 Å². The molecule has 0 aliphatic carbocycles. The second kappa shape index (κ2) is 10.4. The fourth-order valence-electron chi connectivity index (χ4n) is 0.676. The molecule has 2 heteroatoms. The molecule has 0 unspecified atom stereocenters. The summed E-state index contributed by atoms with van der Waals surface area (Å²) in [7, 11) is 0. The van der Waals surface area contributed by atoms with Crippen LogP contribution in [-0.2, 0) is 0 Å². The van der Waals surface area contributed by atoms with Gasteiger partial charge >= 0.3 is 0 Å². The van der Waals surface area contributed by atoms with Crippen LogP contribution in [0.25, 0.3) is 0 Å². The van der Waals surface area contributed by atoms with Crippen molar-refractivity contribution in [1.29, 1.82) is 0 Å². The molecule has 0 spiro atoms. The highest BCUT2D eigenvalue weighted by Crippen LogP contribution is 2.08. The predicted octanol–water partition coefficient (Wildman–Crippen LogP) is 3.44. The molecular formula is C9H18S2. The van der Waals surface area contributed by atoms with Gasteiger partial charge in [-0.25, -0.2) is 0 Å². The van der Waals surface area contributed by atoms with Gasteiger partial charge in [0.25, 0.3) is 0 Å². The zero-order valence-electron chi connectivity index (χ0n) is 7.34. The Morgan fingerprint density at radius 2 is 1.91 bits per heavy atom. The van der Waals surface area contributed by atoms with Crippen LogP contribution in [-0.4, -0.2) is 23.0 Å². The molecule has 0 fully saturated rings. The molecular weight excluding hydrogens is 172 g/mol. The van der Waals surface area contributed by atoms with Crippen molar-refractivity contribution in [2.45, 2.75) is 19.8 Å². The normalized spacial score (nSPS) is 9.91. The third-order valence-corrected chi connectivity index (χ3v) is 3.34. The average molecular weight is 190 g/mol. The molecule has 0 amide bonds. The van der Waals surface area contributed by atoms with Crippen LogP contribution in [0, 0.1) is 0 Å². The first-order valence-corrected chi connectivity index (χ1v) is 6.49. The van der Waals surface area contributed by atoms with Crippen molar-refractivity contribution in [3.63, 3.8) is 0 Å². The molecule has 0 heterocycles. The van der Waals surface area contributed by atoms with E-state index in [1.54, 1.807) is 0 Å². The quantitative estimate of drug-likeness (QED) is 0.425. The maximum atomic E-state index is 3.69. The smallest absolute Gasteiger partial charge is 0.00330 e. The highest BCUT2D eigenvalue weighted by Gasteiger charge is 1.88. The summed E-state index contributed by atoms with van der Waals surface area (Å²) in [6, 6.07) is 0.